The van der Waals surface area contributed by atoms with Crippen LogP contribution in [-0.4, -0.2) is 23.0 Å². The Morgan fingerprint density at radius 2 is 0.732 bits per heavy atom. The molecule has 200 valence electrons. The Balaban J connectivity index is 1.41. The van der Waals surface area contributed by atoms with Crippen LogP contribution in [0, 0.1) is 0 Å². The van der Waals surface area contributed by atoms with Crippen LogP contribution in [0.3, 0.4) is 0 Å². The molecule has 0 atom stereocenters. The molecule has 0 spiro atoms. The van der Waals surface area contributed by atoms with Gasteiger partial charge in [0, 0.05) is 33.8 Å². The number of aromatic nitrogens is 3. The summed E-state index contributed by atoms with van der Waals surface area (Å²) in [6.45, 7) is 7.13. The van der Waals surface area contributed by atoms with Crippen molar-refractivity contribution in [3.8, 4) is 34.2 Å². The average molecular weight is 549 g/mol. The summed E-state index contributed by atoms with van der Waals surface area (Å²) in [5, 5.41) is 1.45. The van der Waals surface area contributed by atoms with Crippen molar-refractivity contribution in [1.29, 1.82) is 0 Å². The largest absolute Gasteiger partial charge is 0.311 e. The van der Waals surface area contributed by atoms with Gasteiger partial charge >= 0.3 is 0 Å². The van der Waals surface area contributed by atoms with Crippen molar-refractivity contribution in [2.24, 2.45) is 0 Å². The predicted octanol–water partition coefficient (Wildman–Crippen LogP) is 8.89. The Labute approximate surface area is 243 Å². The highest BCUT2D eigenvalue weighted by Crippen LogP contribution is 2.35. The summed E-state index contributed by atoms with van der Waals surface area (Å²) in [5.41, 5.74) is 6.17. The molecule has 6 aromatic rings. The van der Waals surface area contributed by atoms with Gasteiger partial charge in [0.15, 0.2) is 17.5 Å². The molecule has 0 aliphatic rings. The summed E-state index contributed by atoms with van der Waals surface area (Å²) in [6.07, 6.45) is 0. The van der Waals surface area contributed by atoms with Gasteiger partial charge in [-0.1, -0.05) is 116 Å². The molecule has 1 aromatic heterocycles. The molecular formula is C36H32N4Si. The molecule has 0 fully saturated rings. The zero-order chi connectivity index (χ0) is 28.2. The van der Waals surface area contributed by atoms with Crippen molar-refractivity contribution in [2.45, 2.75) is 19.6 Å². The number of anilines is 3. The second kappa shape index (κ2) is 11.3. The third-order valence-electron chi connectivity index (χ3n) is 7.09. The highest BCUT2D eigenvalue weighted by Gasteiger charge is 2.18. The third kappa shape index (κ3) is 5.86. The van der Waals surface area contributed by atoms with Crippen molar-refractivity contribution in [3.05, 3.63) is 140 Å². The second-order valence-electron chi connectivity index (χ2n) is 11.1. The number of para-hydroxylation sites is 1. The van der Waals surface area contributed by atoms with E-state index >= 15 is 0 Å². The maximum Gasteiger partial charge on any atom is 0.164 e. The molecule has 5 heteroatoms. The van der Waals surface area contributed by atoms with Gasteiger partial charge < -0.3 is 4.90 Å². The van der Waals surface area contributed by atoms with Crippen LogP contribution >= 0.6 is 0 Å². The van der Waals surface area contributed by atoms with Gasteiger partial charge in [0.2, 0.25) is 0 Å². The van der Waals surface area contributed by atoms with E-state index in [1.54, 1.807) is 0 Å². The van der Waals surface area contributed by atoms with E-state index < -0.39 is 8.07 Å². The van der Waals surface area contributed by atoms with Crippen LogP contribution in [-0.2, 0) is 0 Å². The quantitative estimate of drug-likeness (QED) is 0.187. The molecule has 0 amide bonds. The molecule has 0 saturated carbocycles. The van der Waals surface area contributed by atoms with E-state index in [1.807, 2.05) is 60.7 Å². The first kappa shape index (κ1) is 26.4. The van der Waals surface area contributed by atoms with Gasteiger partial charge in [0.1, 0.15) is 0 Å². The maximum atomic E-state index is 4.89. The molecule has 0 aliphatic heterocycles. The minimum absolute atomic E-state index is 0.648. The number of hydrogen-bond acceptors (Lipinski definition) is 4. The summed E-state index contributed by atoms with van der Waals surface area (Å²) in [6, 6.07) is 48.1. The van der Waals surface area contributed by atoms with Gasteiger partial charge in [0.25, 0.3) is 0 Å². The van der Waals surface area contributed by atoms with Crippen LogP contribution in [0.15, 0.2) is 140 Å². The van der Waals surface area contributed by atoms with Crippen LogP contribution in [0.5, 0.6) is 0 Å². The molecule has 0 saturated heterocycles. The Morgan fingerprint density at radius 3 is 1.15 bits per heavy atom. The topological polar surface area (TPSA) is 41.9 Å². The SMILES string of the molecule is C[Si](C)(C)c1ccc(N(c2ccccc2)c2ccc(-c3nc(-c4ccccc4)nc(-c4ccccc4)n3)cc2)cc1. The zero-order valence-electron chi connectivity index (χ0n) is 23.6. The van der Waals surface area contributed by atoms with E-state index in [2.05, 4.69) is 103 Å². The lowest BCUT2D eigenvalue weighted by Crippen LogP contribution is -2.37. The minimum Gasteiger partial charge on any atom is -0.311 e. The summed E-state index contributed by atoms with van der Waals surface area (Å²) in [7, 11) is -1.39. The monoisotopic (exact) mass is 548 g/mol. The molecule has 0 bridgehead atoms. The lowest BCUT2D eigenvalue weighted by molar-refractivity contribution is 1.07. The third-order valence-corrected chi connectivity index (χ3v) is 9.15. The van der Waals surface area contributed by atoms with Gasteiger partial charge in [0.05, 0.1) is 8.07 Å². The van der Waals surface area contributed by atoms with Gasteiger partial charge in [-0.15, -0.1) is 0 Å². The zero-order valence-corrected chi connectivity index (χ0v) is 24.6. The highest BCUT2D eigenvalue weighted by molar-refractivity contribution is 6.88. The lowest BCUT2D eigenvalue weighted by Gasteiger charge is -2.26. The van der Waals surface area contributed by atoms with Crippen molar-refractivity contribution in [1.82, 2.24) is 15.0 Å². The summed E-state index contributed by atoms with van der Waals surface area (Å²) in [5.74, 6) is 1.97. The van der Waals surface area contributed by atoms with Gasteiger partial charge in [-0.3, -0.25) is 0 Å². The average Bonchev–Trinajstić information content (AvgIpc) is 3.02. The molecule has 0 aliphatic carbocycles. The fraction of sp³-hybridized carbons (Fsp3) is 0.0833. The predicted molar refractivity (Wildman–Crippen MR) is 174 cm³/mol. The van der Waals surface area contributed by atoms with Crippen LogP contribution < -0.4 is 10.1 Å². The van der Waals surface area contributed by atoms with Crippen molar-refractivity contribution in [3.63, 3.8) is 0 Å². The molecule has 0 unspecified atom stereocenters. The van der Waals surface area contributed by atoms with Crippen LogP contribution in [0.4, 0.5) is 17.1 Å². The maximum absolute atomic E-state index is 4.89. The normalized spacial score (nSPS) is 11.3. The van der Waals surface area contributed by atoms with E-state index in [1.165, 1.54) is 5.19 Å². The smallest absolute Gasteiger partial charge is 0.164 e. The minimum atomic E-state index is -1.39. The fourth-order valence-corrected chi connectivity index (χ4v) is 6.00. The van der Waals surface area contributed by atoms with E-state index in [0.717, 1.165) is 33.8 Å². The number of rotatable bonds is 7. The number of nitrogens with zero attached hydrogens (tertiary/aromatic N) is 4. The molecular weight excluding hydrogens is 517 g/mol. The number of hydrogen-bond donors (Lipinski definition) is 0. The van der Waals surface area contributed by atoms with E-state index in [0.29, 0.717) is 17.5 Å². The van der Waals surface area contributed by atoms with Crippen LogP contribution in [0.1, 0.15) is 0 Å². The standard InChI is InChI=1S/C36H32N4Si/c1-41(2,3)33-25-23-32(24-26-33)40(30-17-11-6-12-18-30)31-21-19-29(20-22-31)36-38-34(27-13-7-4-8-14-27)37-35(39-36)28-15-9-5-10-16-28/h4-26H,1-3H3. The van der Waals surface area contributed by atoms with E-state index in [-0.39, 0.29) is 0 Å². The van der Waals surface area contributed by atoms with Crippen LogP contribution in [0.2, 0.25) is 19.6 Å². The summed E-state index contributed by atoms with van der Waals surface area (Å²) < 4.78 is 0. The van der Waals surface area contributed by atoms with Gasteiger partial charge in [-0.2, -0.15) is 0 Å². The molecule has 0 N–H and O–H groups in total. The Morgan fingerprint density at radius 1 is 0.390 bits per heavy atom. The molecule has 41 heavy (non-hydrogen) atoms. The van der Waals surface area contributed by atoms with Crippen molar-refractivity contribution in [2.75, 3.05) is 4.90 Å². The van der Waals surface area contributed by atoms with Gasteiger partial charge in [-0.25, -0.2) is 15.0 Å². The lowest BCUT2D eigenvalue weighted by atomic mass is 10.1. The second-order valence-corrected chi connectivity index (χ2v) is 16.1. The first-order valence-electron chi connectivity index (χ1n) is 13.9. The Kier molecular flexibility index (Phi) is 7.27. The first-order chi connectivity index (χ1) is 20.0. The molecule has 0 radical (unpaired) electrons. The highest BCUT2D eigenvalue weighted by atomic mass is 28.3. The molecule has 1 heterocycles. The fourth-order valence-electron chi connectivity index (χ4n) is 4.83. The summed E-state index contributed by atoms with van der Waals surface area (Å²) >= 11 is 0. The van der Waals surface area contributed by atoms with Crippen molar-refractivity contribution >= 4 is 30.3 Å². The van der Waals surface area contributed by atoms with E-state index in [4.69, 9.17) is 15.0 Å². The molecule has 5 aromatic carbocycles. The number of benzene rings is 5. The first-order valence-corrected chi connectivity index (χ1v) is 17.4. The van der Waals surface area contributed by atoms with Gasteiger partial charge in [-0.05, 0) is 48.5 Å². The molecule has 6 rings (SSSR count). The Bertz CT molecular complexity index is 1670. The van der Waals surface area contributed by atoms with Crippen molar-refractivity contribution < 1.29 is 0 Å². The Hall–Kier alpha value is -4.87. The van der Waals surface area contributed by atoms with E-state index in [9.17, 15) is 0 Å². The van der Waals surface area contributed by atoms with Crippen LogP contribution in [0.25, 0.3) is 34.2 Å². The summed E-state index contributed by atoms with van der Waals surface area (Å²) in [4.78, 5) is 16.9. The molecule has 4 nitrogen and oxygen atoms in total.